The SMILES string of the molecule is c1ccc(-c2ccc3c(c2)Sc2ccccc2N3N2c3ccccc3Sc3ccccc32)cc1. The molecule has 2 aliphatic rings. The van der Waals surface area contributed by atoms with Crippen LogP contribution in [0.15, 0.2) is 141 Å². The molecule has 0 N–H and O–H groups in total. The fourth-order valence-corrected chi connectivity index (χ4v) is 6.80. The Kier molecular flexibility index (Phi) is 4.67. The van der Waals surface area contributed by atoms with Crippen LogP contribution >= 0.6 is 23.5 Å². The summed E-state index contributed by atoms with van der Waals surface area (Å²) in [5, 5.41) is 4.79. The van der Waals surface area contributed by atoms with Crippen molar-refractivity contribution < 1.29 is 0 Å². The first-order valence-electron chi connectivity index (χ1n) is 11.3. The largest absolute Gasteiger partial charge is 0.247 e. The lowest BCUT2D eigenvalue weighted by Gasteiger charge is -2.44. The maximum absolute atomic E-state index is 2.40. The Morgan fingerprint density at radius 3 is 1.35 bits per heavy atom. The summed E-state index contributed by atoms with van der Waals surface area (Å²) in [5.74, 6) is 0. The Morgan fingerprint density at radius 1 is 0.353 bits per heavy atom. The van der Waals surface area contributed by atoms with Crippen molar-refractivity contribution in [1.82, 2.24) is 0 Å². The highest BCUT2D eigenvalue weighted by Gasteiger charge is 2.33. The van der Waals surface area contributed by atoms with Gasteiger partial charge in [-0.2, -0.15) is 0 Å². The average molecular weight is 473 g/mol. The molecule has 2 nitrogen and oxygen atoms in total. The van der Waals surface area contributed by atoms with Crippen LogP contribution in [0.4, 0.5) is 22.7 Å². The lowest BCUT2D eigenvalue weighted by Crippen LogP contribution is -2.39. The maximum atomic E-state index is 2.40. The third-order valence-electron chi connectivity index (χ3n) is 6.22. The Balaban J connectivity index is 1.47. The van der Waals surface area contributed by atoms with Crippen molar-refractivity contribution in [2.24, 2.45) is 0 Å². The lowest BCUT2D eigenvalue weighted by atomic mass is 10.1. The number of hydrogen-bond donors (Lipinski definition) is 0. The molecule has 0 aliphatic carbocycles. The van der Waals surface area contributed by atoms with E-state index in [0.29, 0.717) is 0 Å². The standard InChI is InChI=1S/C30H20N2S2/c1-2-10-21(11-3-1)22-18-19-26-30(20-22)34-29-17-9-6-14-25(29)32(26)31-23-12-4-7-15-27(23)33-28-16-8-5-13-24(28)31/h1-20H. The molecule has 0 aromatic heterocycles. The smallest absolute Gasteiger partial charge is 0.0777 e. The van der Waals surface area contributed by atoms with Crippen molar-refractivity contribution in [1.29, 1.82) is 0 Å². The quantitative estimate of drug-likeness (QED) is 0.252. The molecule has 4 heteroatoms. The summed E-state index contributed by atoms with van der Waals surface area (Å²) >= 11 is 3.69. The van der Waals surface area contributed by atoms with Crippen LogP contribution in [-0.2, 0) is 0 Å². The molecule has 2 aliphatic heterocycles. The third-order valence-corrected chi connectivity index (χ3v) is 8.46. The van der Waals surface area contributed by atoms with E-state index in [1.165, 1.54) is 53.5 Å². The molecule has 0 saturated heterocycles. The van der Waals surface area contributed by atoms with Crippen LogP contribution in [0.1, 0.15) is 0 Å². The minimum absolute atomic E-state index is 1.19. The van der Waals surface area contributed by atoms with Crippen molar-refractivity contribution in [3.8, 4) is 11.1 Å². The summed E-state index contributed by atoms with van der Waals surface area (Å²) in [6.45, 7) is 0. The Morgan fingerprint density at radius 2 is 0.794 bits per heavy atom. The van der Waals surface area contributed by atoms with Crippen LogP contribution in [0, 0.1) is 0 Å². The molecular formula is C30H20N2S2. The molecule has 0 fully saturated rings. The third kappa shape index (κ3) is 3.14. The van der Waals surface area contributed by atoms with Gasteiger partial charge >= 0.3 is 0 Å². The minimum Gasteiger partial charge on any atom is -0.247 e. The van der Waals surface area contributed by atoms with Gasteiger partial charge in [-0.15, -0.1) is 0 Å². The molecule has 2 heterocycles. The Labute approximate surface area is 207 Å². The lowest BCUT2D eigenvalue weighted by molar-refractivity contribution is 0.921. The zero-order valence-electron chi connectivity index (χ0n) is 18.3. The molecule has 162 valence electrons. The van der Waals surface area contributed by atoms with Gasteiger partial charge in [-0.05, 0) is 59.7 Å². The molecule has 5 aromatic carbocycles. The van der Waals surface area contributed by atoms with E-state index < -0.39 is 0 Å². The molecule has 0 amide bonds. The van der Waals surface area contributed by atoms with Crippen LogP contribution in [0.2, 0.25) is 0 Å². The van der Waals surface area contributed by atoms with Crippen LogP contribution in [0.25, 0.3) is 11.1 Å². The van der Waals surface area contributed by atoms with Gasteiger partial charge in [-0.3, -0.25) is 0 Å². The second-order valence-corrected chi connectivity index (χ2v) is 10.4. The molecule has 7 rings (SSSR count). The van der Waals surface area contributed by atoms with Gasteiger partial charge in [0.25, 0.3) is 0 Å². The number of anilines is 4. The van der Waals surface area contributed by atoms with E-state index in [0.717, 1.165) is 0 Å². The summed E-state index contributed by atoms with van der Waals surface area (Å²) < 4.78 is 0. The topological polar surface area (TPSA) is 6.48 Å². The number of nitrogens with zero attached hydrogens (tertiary/aromatic N) is 2. The van der Waals surface area contributed by atoms with Crippen LogP contribution in [0.3, 0.4) is 0 Å². The van der Waals surface area contributed by atoms with Gasteiger partial charge in [0.15, 0.2) is 0 Å². The van der Waals surface area contributed by atoms with Gasteiger partial charge < -0.3 is 0 Å². The van der Waals surface area contributed by atoms with E-state index in [4.69, 9.17) is 0 Å². The highest BCUT2D eigenvalue weighted by molar-refractivity contribution is 8.00. The second-order valence-electron chi connectivity index (χ2n) is 8.28. The molecule has 0 unspecified atom stereocenters. The van der Waals surface area contributed by atoms with Gasteiger partial charge in [0.1, 0.15) is 0 Å². The zero-order valence-corrected chi connectivity index (χ0v) is 19.9. The van der Waals surface area contributed by atoms with Gasteiger partial charge in [0.05, 0.1) is 22.7 Å². The number of benzene rings is 5. The highest BCUT2D eigenvalue weighted by atomic mass is 32.2. The van der Waals surface area contributed by atoms with Crippen molar-refractivity contribution in [2.45, 2.75) is 19.6 Å². The van der Waals surface area contributed by atoms with E-state index in [-0.39, 0.29) is 0 Å². The first kappa shape index (κ1) is 19.8. The average Bonchev–Trinajstić information content (AvgIpc) is 2.91. The normalized spacial score (nSPS) is 13.5. The summed E-state index contributed by atoms with van der Waals surface area (Å²) in [6.07, 6.45) is 0. The van der Waals surface area contributed by atoms with E-state index in [9.17, 15) is 0 Å². The molecule has 0 atom stereocenters. The fraction of sp³-hybridized carbons (Fsp3) is 0. The van der Waals surface area contributed by atoms with Crippen molar-refractivity contribution in [2.75, 3.05) is 10.0 Å². The minimum atomic E-state index is 1.19. The number of fused-ring (bicyclic) bond motifs is 4. The van der Waals surface area contributed by atoms with Gasteiger partial charge in [-0.1, -0.05) is 96.3 Å². The highest BCUT2D eigenvalue weighted by Crippen LogP contribution is 2.55. The van der Waals surface area contributed by atoms with Gasteiger partial charge in [-0.25, -0.2) is 10.0 Å². The van der Waals surface area contributed by atoms with Crippen LogP contribution in [-0.4, -0.2) is 0 Å². The molecule has 0 radical (unpaired) electrons. The predicted molar refractivity (Wildman–Crippen MR) is 144 cm³/mol. The van der Waals surface area contributed by atoms with E-state index in [1.54, 1.807) is 0 Å². The molecule has 34 heavy (non-hydrogen) atoms. The van der Waals surface area contributed by atoms with Crippen LogP contribution < -0.4 is 10.0 Å². The van der Waals surface area contributed by atoms with E-state index in [1.807, 2.05) is 23.5 Å². The summed E-state index contributed by atoms with van der Waals surface area (Å²) in [7, 11) is 0. The van der Waals surface area contributed by atoms with Crippen molar-refractivity contribution in [3.63, 3.8) is 0 Å². The van der Waals surface area contributed by atoms with Crippen molar-refractivity contribution >= 4 is 46.3 Å². The summed E-state index contributed by atoms with van der Waals surface area (Å²) in [5.41, 5.74) is 7.27. The molecule has 0 bridgehead atoms. The maximum Gasteiger partial charge on any atom is 0.0777 e. The number of rotatable bonds is 2. The molecular weight excluding hydrogens is 452 g/mol. The number of hydrogen-bond acceptors (Lipinski definition) is 4. The van der Waals surface area contributed by atoms with Crippen LogP contribution in [0.5, 0.6) is 0 Å². The summed E-state index contributed by atoms with van der Waals surface area (Å²) in [4.78, 5) is 5.04. The second kappa shape index (κ2) is 8.01. The summed E-state index contributed by atoms with van der Waals surface area (Å²) in [6, 6.07) is 43.6. The Bertz CT molecular complexity index is 1480. The number of hydrazine groups is 1. The Hall–Kier alpha value is -3.60. The first-order valence-corrected chi connectivity index (χ1v) is 12.9. The fourth-order valence-electron chi connectivity index (χ4n) is 4.66. The van der Waals surface area contributed by atoms with E-state index >= 15 is 0 Å². The van der Waals surface area contributed by atoms with Crippen molar-refractivity contribution in [3.05, 3.63) is 121 Å². The molecule has 5 aromatic rings. The van der Waals surface area contributed by atoms with Gasteiger partial charge in [0.2, 0.25) is 0 Å². The van der Waals surface area contributed by atoms with Gasteiger partial charge in [0, 0.05) is 19.6 Å². The van der Waals surface area contributed by atoms with E-state index in [2.05, 4.69) is 131 Å². The predicted octanol–water partition coefficient (Wildman–Crippen LogP) is 9.17. The number of para-hydroxylation sites is 3. The zero-order chi connectivity index (χ0) is 22.5. The first-order chi connectivity index (χ1) is 16.9. The molecule has 0 saturated carbocycles. The molecule has 0 spiro atoms. The monoisotopic (exact) mass is 472 g/mol.